The van der Waals surface area contributed by atoms with Gasteiger partial charge in [-0.3, -0.25) is 9.69 Å². The maximum Gasteiger partial charge on any atom is 0.239 e. The van der Waals surface area contributed by atoms with Gasteiger partial charge in [-0.15, -0.1) is 0 Å². The Morgan fingerprint density at radius 2 is 1.64 bits per heavy atom. The molecule has 130 valence electrons. The van der Waals surface area contributed by atoms with Crippen LogP contribution in [-0.4, -0.2) is 50.2 Å². The van der Waals surface area contributed by atoms with Crippen LogP contribution in [0, 0.1) is 0 Å². The number of hydrogen-bond donors (Lipinski definition) is 0. The second kappa shape index (κ2) is 7.38. The van der Waals surface area contributed by atoms with Crippen LogP contribution in [0.2, 0.25) is 0 Å². The van der Waals surface area contributed by atoms with Crippen LogP contribution in [0.1, 0.15) is 23.5 Å². The van der Waals surface area contributed by atoms with Crippen LogP contribution in [-0.2, 0) is 9.53 Å². The summed E-state index contributed by atoms with van der Waals surface area (Å²) >= 11 is 0. The van der Waals surface area contributed by atoms with Crippen molar-refractivity contribution in [2.45, 2.75) is 12.3 Å². The molecular formula is C21H24N2O2. The fraction of sp³-hybridized carbons (Fsp3) is 0.381. The highest BCUT2D eigenvalue weighted by atomic mass is 16.5. The van der Waals surface area contributed by atoms with Crippen LogP contribution in [0.15, 0.2) is 54.6 Å². The molecule has 1 amide bonds. The summed E-state index contributed by atoms with van der Waals surface area (Å²) in [6.45, 7) is 5.43. The molecule has 0 aromatic heterocycles. The van der Waals surface area contributed by atoms with Crippen LogP contribution in [0.25, 0.3) is 0 Å². The Labute approximate surface area is 149 Å². The van der Waals surface area contributed by atoms with E-state index in [0.717, 1.165) is 62.6 Å². The third-order valence-electron chi connectivity index (χ3n) is 5.14. The number of carbonyl (C=O) groups excluding carboxylic acids is 1. The SMILES string of the molecule is O=C1C(c2ccccc2)c2ccccc2N1CCCN1CCOCC1. The zero-order chi connectivity index (χ0) is 17.1. The molecule has 0 N–H and O–H groups in total. The van der Waals surface area contributed by atoms with Gasteiger partial charge in [0.1, 0.15) is 0 Å². The second-order valence-electron chi connectivity index (χ2n) is 6.70. The Balaban J connectivity index is 1.50. The molecule has 4 heteroatoms. The molecule has 1 fully saturated rings. The van der Waals surface area contributed by atoms with Crippen molar-refractivity contribution in [3.8, 4) is 0 Å². The molecule has 4 rings (SSSR count). The summed E-state index contributed by atoms with van der Waals surface area (Å²) in [5, 5.41) is 0. The van der Waals surface area contributed by atoms with Crippen LogP contribution in [0.4, 0.5) is 5.69 Å². The van der Waals surface area contributed by atoms with Crippen molar-refractivity contribution >= 4 is 11.6 Å². The van der Waals surface area contributed by atoms with E-state index in [2.05, 4.69) is 29.2 Å². The molecule has 4 nitrogen and oxygen atoms in total. The number of ether oxygens (including phenoxy) is 1. The number of hydrogen-bond acceptors (Lipinski definition) is 3. The van der Waals surface area contributed by atoms with Crippen molar-refractivity contribution in [1.29, 1.82) is 0 Å². The number of anilines is 1. The average Bonchev–Trinajstić information content (AvgIpc) is 2.95. The van der Waals surface area contributed by atoms with Gasteiger partial charge in [-0.1, -0.05) is 48.5 Å². The largest absolute Gasteiger partial charge is 0.379 e. The lowest BCUT2D eigenvalue weighted by Gasteiger charge is -2.27. The van der Waals surface area contributed by atoms with Gasteiger partial charge in [-0.2, -0.15) is 0 Å². The van der Waals surface area contributed by atoms with Crippen LogP contribution in [0.5, 0.6) is 0 Å². The van der Waals surface area contributed by atoms with Crippen molar-refractivity contribution in [2.24, 2.45) is 0 Å². The maximum atomic E-state index is 13.1. The molecule has 1 atom stereocenters. The number of benzene rings is 2. The third kappa shape index (κ3) is 3.32. The molecule has 25 heavy (non-hydrogen) atoms. The number of rotatable bonds is 5. The van der Waals surface area contributed by atoms with E-state index in [1.807, 2.05) is 35.2 Å². The highest BCUT2D eigenvalue weighted by molar-refractivity contribution is 6.06. The minimum atomic E-state index is -0.166. The molecule has 1 unspecified atom stereocenters. The fourth-order valence-corrected chi connectivity index (χ4v) is 3.86. The van der Waals surface area contributed by atoms with Crippen LogP contribution >= 0.6 is 0 Å². The van der Waals surface area contributed by atoms with Crippen molar-refractivity contribution in [3.05, 3.63) is 65.7 Å². The van der Waals surface area contributed by atoms with Gasteiger partial charge in [0.15, 0.2) is 0 Å². The van der Waals surface area contributed by atoms with Gasteiger partial charge in [0, 0.05) is 31.9 Å². The van der Waals surface area contributed by atoms with Crippen molar-refractivity contribution < 1.29 is 9.53 Å². The summed E-state index contributed by atoms with van der Waals surface area (Å²) in [6.07, 6.45) is 0.988. The predicted octanol–water partition coefficient (Wildman–Crippen LogP) is 2.89. The second-order valence-corrected chi connectivity index (χ2v) is 6.70. The monoisotopic (exact) mass is 336 g/mol. The predicted molar refractivity (Wildman–Crippen MR) is 99.0 cm³/mol. The average molecular weight is 336 g/mol. The Morgan fingerprint density at radius 3 is 2.44 bits per heavy atom. The van der Waals surface area contributed by atoms with Gasteiger partial charge in [-0.25, -0.2) is 0 Å². The molecule has 0 spiro atoms. The van der Waals surface area contributed by atoms with Crippen molar-refractivity contribution in [1.82, 2.24) is 4.90 Å². The zero-order valence-corrected chi connectivity index (χ0v) is 14.4. The number of fused-ring (bicyclic) bond motifs is 1. The molecule has 2 aliphatic rings. The van der Waals surface area contributed by atoms with Gasteiger partial charge in [0.2, 0.25) is 5.91 Å². The first-order valence-electron chi connectivity index (χ1n) is 9.10. The van der Waals surface area contributed by atoms with E-state index in [4.69, 9.17) is 4.74 Å². The fourth-order valence-electron chi connectivity index (χ4n) is 3.86. The molecule has 1 saturated heterocycles. The molecule has 2 aliphatic heterocycles. The number of morpholine rings is 1. The third-order valence-corrected chi connectivity index (χ3v) is 5.14. The first kappa shape index (κ1) is 16.3. The molecule has 2 heterocycles. The van der Waals surface area contributed by atoms with E-state index in [0.29, 0.717) is 0 Å². The summed E-state index contributed by atoms with van der Waals surface area (Å²) in [7, 11) is 0. The van der Waals surface area contributed by atoms with Gasteiger partial charge < -0.3 is 9.64 Å². The summed E-state index contributed by atoms with van der Waals surface area (Å²) in [4.78, 5) is 17.5. The van der Waals surface area contributed by atoms with E-state index in [1.54, 1.807) is 0 Å². The standard InChI is InChI=1S/C21H24N2O2/c24-21-20(17-7-2-1-3-8-17)18-9-4-5-10-19(18)23(21)12-6-11-22-13-15-25-16-14-22/h1-5,7-10,20H,6,11-16H2. The normalized spacial score (nSPS) is 20.7. The summed E-state index contributed by atoms with van der Waals surface area (Å²) in [5.41, 5.74) is 3.28. The van der Waals surface area contributed by atoms with E-state index in [9.17, 15) is 4.79 Å². The first-order chi connectivity index (χ1) is 12.3. The molecule has 0 bridgehead atoms. The van der Waals surface area contributed by atoms with E-state index in [1.165, 1.54) is 0 Å². The smallest absolute Gasteiger partial charge is 0.239 e. The van der Waals surface area contributed by atoms with Gasteiger partial charge in [-0.05, 0) is 23.6 Å². The lowest BCUT2D eigenvalue weighted by Crippen LogP contribution is -2.38. The lowest BCUT2D eigenvalue weighted by molar-refractivity contribution is -0.118. The first-order valence-corrected chi connectivity index (χ1v) is 9.10. The Bertz CT molecular complexity index is 726. The minimum Gasteiger partial charge on any atom is -0.379 e. The summed E-state index contributed by atoms with van der Waals surface area (Å²) in [5.74, 6) is 0.0372. The Kier molecular flexibility index (Phi) is 4.81. The van der Waals surface area contributed by atoms with E-state index >= 15 is 0 Å². The number of para-hydroxylation sites is 1. The molecule has 0 aliphatic carbocycles. The molecule has 0 saturated carbocycles. The van der Waals surface area contributed by atoms with Crippen LogP contribution < -0.4 is 4.90 Å². The van der Waals surface area contributed by atoms with Crippen molar-refractivity contribution in [2.75, 3.05) is 44.3 Å². The quantitative estimate of drug-likeness (QED) is 0.842. The summed E-state index contributed by atoms with van der Waals surface area (Å²) < 4.78 is 5.40. The lowest BCUT2D eigenvalue weighted by atomic mass is 9.93. The molecule has 2 aromatic carbocycles. The zero-order valence-electron chi connectivity index (χ0n) is 14.4. The van der Waals surface area contributed by atoms with E-state index < -0.39 is 0 Å². The number of carbonyl (C=O) groups is 1. The van der Waals surface area contributed by atoms with Gasteiger partial charge in [0.05, 0.1) is 19.1 Å². The summed E-state index contributed by atoms with van der Waals surface area (Å²) in [6, 6.07) is 18.3. The molecular weight excluding hydrogens is 312 g/mol. The number of nitrogens with zero attached hydrogens (tertiary/aromatic N) is 2. The molecule has 2 aromatic rings. The topological polar surface area (TPSA) is 32.8 Å². The highest BCUT2D eigenvalue weighted by Crippen LogP contribution is 2.40. The maximum absolute atomic E-state index is 13.1. The molecule has 0 radical (unpaired) electrons. The Hall–Kier alpha value is -2.17. The Morgan fingerprint density at radius 1 is 0.920 bits per heavy atom. The number of amides is 1. The highest BCUT2D eigenvalue weighted by Gasteiger charge is 2.37. The van der Waals surface area contributed by atoms with Crippen LogP contribution in [0.3, 0.4) is 0 Å². The van der Waals surface area contributed by atoms with E-state index in [-0.39, 0.29) is 11.8 Å². The van der Waals surface area contributed by atoms with Crippen molar-refractivity contribution in [3.63, 3.8) is 0 Å². The van der Waals surface area contributed by atoms with Gasteiger partial charge in [0.25, 0.3) is 0 Å². The van der Waals surface area contributed by atoms with Gasteiger partial charge >= 0.3 is 0 Å². The minimum absolute atomic E-state index is 0.166.